The van der Waals surface area contributed by atoms with Crippen LogP contribution in [0.3, 0.4) is 0 Å². The average Bonchev–Trinajstić information content (AvgIpc) is 2.56. The van der Waals surface area contributed by atoms with Gasteiger partial charge in [-0.1, -0.05) is 36.4 Å². The molecular formula is C18H23NO4. The molecule has 0 saturated carbocycles. The number of benzene rings is 2. The lowest BCUT2D eigenvalue weighted by atomic mass is 9.93. The highest BCUT2D eigenvalue weighted by Crippen LogP contribution is 2.27. The van der Waals surface area contributed by atoms with Crippen LogP contribution in [0.1, 0.15) is 24.2 Å². The summed E-state index contributed by atoms with van der Waals surface area (Å²) in [6, 6.07) is 14.0. The lowest BCUT2D eigenvalue weighted by Crippen LogP contribution is -2.49. The summed E-state index contributed by atoms with van der Waals surface area (Å²) in [5, 5.41) is 41.9. The molecule has 0 spiro atoms. The van der Waals surface area contributed by atoms with E-state index in [2.05, 4.69) is 5.32 Å². The van der Waals surface area contributed by atoms with Crippen LogP contribution in [0.5, 0.6) is 11.5 Å². The minimum atomic E-state index is -0.858. The monoisotopic (exact) mass is 317 g/mol. The third kappa shape index (κ3) is 4.69. The van der Waals surface area contributed by atoms with Crippen molar-refractivity contribution in [3.8, 4) is 11.5 Å². The van der Waals surface area contributed by atoms with E-state index in [4.69, 9.17) is 0 Å². The summed E-state index contributed by atoms with van der Waals surface area (Å²) in [6.45, 7) is 2.03. The molecule has 5 nitrogen and oxygen atoms in total. The highest BCUT2D eigenvalue weighted by molar-refractivity contribution is 5.41. The fourth-order valence-corrected chi connectivity index (χ4v) is 2.43. The predicted octanol–water partition coefficient (Wildman–Crippen LogP) is 1.71. The quantitative estimate of drug-likeness (QED) is 0.501. The number of hydrogen-bond acceptors (Lipinski definition) is 5. The van der Waals surface area contributed by atoms with Crippen LogP contribution in [-0.4, -0.2) is 39.1 Å². The van der Waals surface area contributed by atoms with Crippen molar-refractivity contribution in [1.29, 1.82) is 0 Å². The molecule has 0 radical (unpaired) electrons. The van der Waals surface area contributed by atoms with Gasteiger partial charge >= 0.3 is 0 Å². The molecule has 0 fully saturated rings. The fraction of sp³-hybridized carbons (Fsp3) is 0.333. The second kappa shape index (κ2) is 7.46. The standard InChI is InChI=1S/C18H23NO4/c1-18(12-20,10-13-5-3-2-4-6-13)19-11-17(23)14-7-8-15(21)16(22)9-14/h2-9,17,19-23H,10-12H2,1H3. The van der Waals surface area contributed by atoms with E-state index in [1.807, 2.05) is 37.3 Å². The summed E-state index contributed by atoms with van der Waals surface area (Å²) < 4.78 is 0. The van der Waals surface area contributed by atoms with Gasteiger partial charge in [0.2, 0.25) is 0 Å². The van der Waals surface area contributed by atoms with Gasteiger partial charge in [-0.25, -0.2) is 0 Å². The summed E-state index contributed by atoms with van der Waals surface area (Å²) in [4.78, 5) is 0. The van der Waals surface area contributed by atoms with E-state index in [0.29, 0.717) is 12.0 Å². The van der Waals surface area contributed by atoms with E-state index in [-0.39, 0.29) is 24.7 Å². The maximum Gasteiger partial charge on any atom is 0.157 e. The van der Waals surface area contributed by atoms with Crippen LogP contribution in [0.25, 0.3) is 0 Å². The minimum Gasteiger partial charge on any atom is -0.504 e. The predicted molar refractivity (Wildman–Crippen MR) is 88.4 cm³/mol. The molecule has 2 unspecified atom stereocenters. The first-order chi connectivity index (χ1) is 10.9. The Kier molecular flexibility index (Phi) is 5.60. The van der Waals surface area contributed by atoms with Crippen molar-refractivity contribution in [3.63, 3.8) is 0 Å². The van der Waals surface area contributed by atoms with Gasteiger partial charge < -0.3 is 25.7 Å². The number of β-amino-alcohol motifs (C(OH)–C–C–N with tert-alkyl or cyclic N) is 1. The number of rotatable bonds is 7. The van der Waals surface area contributed by atoms with Crippen molar-refractivity contribution in [2.24, 2.45) is 0 Å². The first-order valence-corrected chi connectivity index (χ1v) is 7.53. The summed E-state index contributed by atoms with van der Waals surface area (Å²) in [7, 11) is 0. The average molecular weight is 317 g/mol. The lowest BCUT2D eigenvalue weighted by molar-refractivity contribution is 0.128. The molecule has 0 saturated heterocycles. The van der Waals surface area contributed by atoms with Crippen molar-refractivity contribution in [2.75, 3.05) is 13.2 Å². The Bertz CT molecular complexity index is 632. The number of aromatic hydroxyl groups is 2. The Balaban J connectivity index is 2.00. The molecular weight excluding hydrogens is 294 g/mol. The zero-order valence-corrected chi connectivity index (χ0v) is 13.1. The van der Waals surface area contributed by atoms with Gasteiger partial charge in [0.1, 0.15) is 0 Å². The van der Waals surface area contributed by atoms with Gasteiger partial charge in [-0.15, -0.1) is 0 Å². The van der Waals surface area contributed by atoms with Gasteiger partial charge in [0.15, 0.2) is 11.5 Å². The fourth-order valence-electron chi connectivity index (χ4n) is 2.43. The Morgan fingerprint density at radius 1 is 1.04 bits per heavy atom. The molecule has 124 valence electrons. The highest BCUT2D eigenvalue weighted by Gasteiger charge is 2.24. The van der Waals surface area contributed by atoms with Crippen LogP contribution < -0.4 is 5.32 Å². The number of aliphatic hydroxyl groups excluding tert-OH is 2. The number of nitrogens with one attached hydrogen (secondary N) is 1. The molecule has 0 aliphatic carbocycles. The van der Waals surface area contributed by atoms with Gasteiger partial charge in [-0.3, -0.25) is 0 Å². The van der Waals surface area contributed by atoms with Crippen LogP contribution in [-0.2, 0) is 6.42 Å². The Labute approximate surface area is 135 Å². The van der Waals surface area contributed by atoms with E-state index in [9.17, 15) is 20.4 Å². The maximum absolute atomic E-state index is 10.2. The molecule has 23 heavy (non-hydrogen) atoms. The van der Waals surface area contributed by atoms with Crippen molar-refractivity contribution in [3.05, 3.63) is 59.7 Å². The van der Waals surface area contributed by atoms with Crippen molar-refractivity contribution in [1.82, 2.24) is 5.32 Å². The van der Waals surface area contributed by atoms with Gasteiger partial charge in [-0.2, -0.15) is 0 Å². The smallest absolute Gasteiger partial charge is 0.157 e. The highest BCUT2D eigenvalue weighted by atomic mass is 16.3. The van der Waals surface area contributed by atoms with Crippen LogP contribution in [0.15, 0.2) is 48.5 Å². The third-order valence-electron chi connectivity index (χ3n) is 3.89. The second-order valence-corrected chi connectivity index (χ2v) is 6.03. The first-order valence-electron chi connectivity index (χ1n) is 7.53. The number of phenols is 2. The lowest BCUT2D eigenvalue weighted by Gasteiger charge is -2.30. The molecule has 0 aliphatic rings. The largest absolute Gasteiger partial charge is 0.504 e. The molecule has 5 heteroatoms. The zero-order valence-electron chi connectivity index (χ0n) is 13.1. The maximum atomic E-state index is 10.2. The van der Waals surface area contributed by atoms with Crippen LogP contribution >= 0.6 is 0 Å². The molecule has 0 bridgehead atoms. The number of hydrogen-bond donors (Lipinski definition) is 5. The first kappa shape index (κ1) is 17.3. The van der Waals surface area contributed by atoms with Crippen LogP contribution in [0, 0.1) is 0 Å². The molecule has 2 rings (SSSR count). The normalized spacial score (nSPS) is 15.1. The molecule has 0 amide bonds. The molecule has 0 heterocycles. The minimum absolute atomic E-state index is 0.0740. The molecule has 2 atom stereocenters. The Morgan fingerprint density at radius 3 is 2.35 bits per heavy atom. The van der Waals surface area contributed by atoms with Gasteiger partial charge in [0.25, 0.3) is 0 Å². The van der Waals surface area contributed by atoms with Gasteiger partial charge in [-0.05, 0) is 36.6 Å². The summed E-state index contributed by atoms with van der Waals surface area (Å²) >= 11 is 0. The molecule has 2 aromatic rings. The molecule has 2 aromatic carbocycles. The van der Waals surface area contributed by atoms with Crippen molar-refractivity contribution >= 4 is 0 Å². The van der Waals surface area contributed by atoms with Gasteiger partial charge in [0, 0.05) is 12.1 Å². The number of aliphatic hydroxyl groups is 2. The zero-order chi connectivity index (χ0) is 16.9. The molecule has 0 aliphatic heterocycles. The summed E-state index contributed by atoms with van der Waals surface area (Å²) in [5.41, 5.74) is 1.02. The van der Waals surface area contributed by atoms with E-state index >= 15 is 0 Å². The van der Waals surface area contributed by atoms with Crippen LogP contribution in [0.2, 0.25) is 0 Å². The van der Waals surface area contributed by atoms with E-state index in [1.54, 1.807) is 6.07 Å². The third-order valence-corrected chi connectivity index (χ3v) is 3.89. The van der Waals surface area contributed by atoms with Crippen molar-refractivity contribution < 1.29 is 20.4 Å². The van der Waals surface area contributed by atoms with Crippen molar-refractivity contribution in [2.45, 2.75) is 25.0 Å². The second-order valence-electron chi connectivity index (χ2n) is 6.03. The molecule has 0 aromatic heterocycles. The van der Waals surface area contributed by atoms with E-state index < -0.39 is 11.6 Å². The van der Waals surface area contributed by atoms with E-state index in [0.717, 1.165) is 5.56 Å². The summed E-state index contributed by atoms with van der Waals surface area (Å²) in [6.07, 6.45) is -0.235. The topological polar surface area (TPSA) is 93.0 Å². The van der Waals surface area contributed by atoms with Crippen LogP contribution in [0.4, 0.5) is 0 Å². The molecule has 5 N–H and O–H groups in total. The number of phenolic OH excluding ortho intramolecular Hbond substituents is 2. The Morgan fingerprint density at radius 2 is 1.74 bits per heavy atom. The van der Waals surface area contributed by atoms with Gasteiger partial charge in [0.05, 0.1) is 12.7 Å². The Hall–Kier alpha value is -2.08. The van der Waals surface area contributed by atoms with E-state index in [1.165, 1.54) is 12.1 Å². The SMILES string of the molecule is CC(CO)(Cc1ccccc1)NCC(O)c1ccc(O)c(O)c1. The summed E-state index contributed by atoms with van der Waals surface area (Å²) in [5.74, 6) is -0.492.